The summed E-state index contributed by atoms with van der Waals surface area (Å²) in [5.74, 6) is 0.674. The molecule has 11 heavy (non-hydrogen) atoms. The van der Waals surface area contributed by atoms with Crippen molar-refractivity contribution in [2.24, 2.45) is 0 Å². The van der Waals surface area contributed by atoms with Gasteiger partial charge in [-0.25, -0.2) is 0 Å². The normalized spacial score (nSPS) is 14.8. The van der Waals surface area contributed by atoms with Crippen LogP contribution in [0, 0.1) is 0 Å². The zero-order valence-corrected chi connectivity index (χ0v) is 8.83. The molecular weight excluding hydrogens is 204 g/mol. The van der Waals surface area contributed by atoms with Crippen molar-refractivity contribution >= 4 is 35.4 Å². The minimum atomic E-state index is -3.40. The molecule has 0 saturated heterocycles. The van der Waals surface area contributed by atoms with Crippen molar-refractivity contribution < 1.29 is 12.6 Å². The van der Waals surface area contributed by atoms with Crippen LogP contribution in [0.15, 0.2) is 0 Å². The Hall–Kier alpha value is 0.610. The molecule has 0 fully saturated rings. The molecule has 1 atom stereocenters. The quantitative estimate of drug-likeness (QED) is 0.522. The third kappa shape index (κ3) is 4.25. The van der Waals surface area contributed by atoms with Crippen LogP contribution in [0.1, 0.15) is 6.92 Å². The maximum absolute atomic E-state index is 11.0. The van der Waals surface area contributed by atoms with Crippen LogP contribution in [-0.4, -0.2) is 31.8 Å². The molecule has 0 amide bonds. The summed E-state index contributed by atoms with van der Waals surface area (Å²) in [7, 11) is -3.40. The van der Waals surface area contributed by atoms with E-state index in [0.717, 1.165) is 0 Å². The van der Waals surface area contributed by atoms with Gasteiger partial charge in [-0.3, -0.25) is 4.18 Å². The Morgan fingerprint density at radius 2 is 2.00 bits per heavy atom. The minimum absolute atomic E-state index is 0.129. The van der Waals surface area contributed by atoms with Crippen LogP contribution in [0.4, 0.5) is 0 Å². The molecule has 6 heteroatoms. The van der Waals surface area contributed by atoms with Crippen molar-refractivity contribution in [1.82, 2.24) is 0 Å². The Balaban J connectivity index is 4.01. The molecule has 0 aromatic heterocycles. The van der Waals surface area contributed by atoms with Crippen molar-refractivity contribution in [1.29, 1.82) is 0 Å². The molecule has 0 N–H and O–H groups in total. The first-order valence-electron chi connectivity index (χ1n) is 3.14. The SMILES string of the molecule is CC(CS)S(=O)(=O)OCCS. The van der Waals surface area contributed by atoms with Crippen molar-refractivity contribution in [2.75, 3.05) is 18.1 Å². The maximum Gasteiger partial charge on any atom is 0.270 e. The van der Waals surface area contributed by atoms with E-state index < -0.39 is 15.4 Å². The van der Waals surface area contributed by atoms with Crippen molar-refractivity contribution in [3.05, 3.63) is 0 Å². The molecule has 0 radical (unpaired) electrons. The molecule has 0 aromatic carbocycles. The van der Waals surface area contributed by atoms with Crippen LogP contribution in [0.5, 0.6) is 0 Å². The van der Waals surface area contributed by atoms with Gasteiger partial charge >= 0.3 is 0 Å². The third-order valence-electron chi connectivity index (χ3n) is 1.09. The highest BCUT2D eigenvalue weighted by Crippen LogP contribution is 2.04. The van der Waals surface area contributed by atoms with Crippen molar-refractivity contribution in [3.8, 4) is 0 Å². The lowest BCUT2D eigenvalue weighted by Gasteiger charge is -2.08. The maximum atomic E-state index is 11.0. The number of hydrogen-bond acceptors (Lipinski definition) is 5. The fraction of sp³-hybridized carbons (Fsp3) is 1.00. The smallest absolute Gasteiger partial charge is 0.269 e. The molecule has 0 bridgehead atoms. The van der Waals surface area contributed by atoms with Gasteiger partial charge in [-0.2, -0.15) is 33.7 Å². The molecule has 68 valence electrons. The third-order valence-corrected chi connectivity index (χ3v) is 3.71. The van der Waals surface area contributed by atoms with E-state index in [1.54, 1.807) is 6.92 Å². The Morgan fingerprint density at radius 1 is 1.45 bits per heavy atom. The zero-order valence-electron chi connectivity index (χ0n) is 6.23. The molecule has 0 aliphatic rings. The van der Waals surface area contributed by atoms with E-state index in [9.17, 15) is 8.42 Å². The molecule has 0 saturated carbocycles. The van der Waals surface area contributed by atoms with Gasteiger partial charge < -0.3 is 0 Å². The fourth-order valence-electron chi connectivity index (χ4n) is 0.361. The van der Waals surface area contributed by atoms with Gasteiger partial charge in [0.1, 0.15) is 0 Å². The summed E-state index contributed by atoms with van der Waals surface area (Å²) >= 11 is 7.67. The number of rotatable bonds is 5. The molecule has 0 rings (SSSR count). The molecule has 1 unspecified atom stereocenters. The lowest BCUT2D eigenvalue weighted by Crippen LogP contribution is -2.22. The summed E-state index contributed by atoms with van der Waals surface area (Å²) in [6.45, 7) is 1.68. The predicted molar refractivity (Wildman–Crippen MR) is 52.0 cm³/mol. The second kappa shape index (κ2) is 5.29. The molecule has 0 aromatic rings. The highest BCUT2D eigenvalue weighted by molar-refractivity contribution is 7.89. The summed E-state index contributed by atoms with van der Waals surface area (Å²) in [4.78, 5) is 0. The fourth-order valence-corrected chi connectivity index (χ4v) is 1.85. The van der Waals surface area contributed by atoms with Crippen molar-refractivity contribution in [3.63, 3.8) is 0 Å². The van der Waals surface area contributed by atoms with E-state index in [1.165, 1.54) is 0 Å². The van der Waals surface area contributed by atoms with Gasteiger partial charge in [-0.1, -0.05) is 0 Å². The second-order valence-corrected chi connectivity index (χ2v) is 4.87. The van der Waals surface area contributed by atoms with Gasteiger partial charge in [0.15, 0.2) is 0 Å². The van der Waals surface area contributed by atoms with E-state index in [1.807, 2.05) is 0 Å². The van der Waals surface area contributed by atoms with Crippen LogP contribution >= 0.6 is 25.3 Å². The Kier molecular flexibility index (Phi) is 5.58. The first-order valence-corrected chi connectivity index (χ1v) is 5.88. The van der Waals surface area contributed by atoms with Gasteiger partial charge in [0.25, 0.3) is 10.1 Å². The van der Waals surface area contributed by atoms with E-state index >= 15 is 0 Å². The molecular formula is C5H12O3S3. The topological polar surface area (TPSA) is 43.4 Å². The zero-order chi connectivity index (χ0) is 8.91. The summed E-state index contributed by atoms with van der Waals surface area (Å²) in [5.41, 5.74) is 0. The minimum Gasteiger partial charge on any atom is -0.269 e. The van der Waals surface area contributed by atoms with Gasteiger partial charge in [0, 0.05) is 11.5 Å². The second-order valence-electron chi connectivity index (χ2n) is 2.03. The average Bonchev–Trinajstić information content (AvgIpc) is 1.99. The van der Waals surface area contributed by atoms with Gasteiger partial charge in [-0.05, 0) is 6.92 Å². The Morgan fingerprint density at radius 3 is 2.36 bits per heavy atom. The predicted octanol–water partition coefficient (Wildman–Crippen LogP) is 0.581. The summed E-state index contributed by atoms with van der Waals surface area (Å²) in [6.07, 6.45) is 0. The summed E-state index contributed by atoms with van der Waals surface area (Å²) < 4.78 is 26.6. The molecule has 0 aliphatic carbocycles. The lowest BCUT2D eigenvalue weighted by atomic mass is 10.6. The van der Waals surface area contributed by atoms with Gasteiger partial charge in [-0.15, -0.1) is 0 Å². The lowest BCUT2D eigenvalue weighted by molar-refractivity contribution is 0.337. The number of hydrogen-bond donors (Lipinski definition) is 2. The van der Waals surface area contributed by atoms with E-state index in [0.29, 0.717) is 5.75 Å². The van der Waals surface area contributed by atoms with E-state index in [-0.39, 0.29) is 12.4 Å². The highest BCUT2D eigenvalue weighted by Gasteiger charge is 2.19. The highest BCUT2D eigenvalue weighted by atomic mass is 32.2. The van der Waals surface area contributed by atoms with Gasteiger partial charge in [0.2, 0.25) is 0 Å². The van der Waals surface area contributed by atoms with Crippen LogP contribution in [0.3, 0.4) is 0 Å². The average molecular weight is 216 g/mol. The van der Waals surface area contributed by atoms with Crippen LogP contribution in [0.25, 0.3) is 0 Å². The summed E-state index contributed by atoms with van der Waals surface area (Å²) in [6, 6.07) is 0. The molecule has 3 nitrogen and oxygen atoms in total. The monoisotopic (exact) mass is 216 g/mol. The Labute approximate surface area is 78.5 Å². The van der Waals surface area contributed by atoms with Crippen molar-refractivity contribution in [2.45, 2.75) is 12.2 Å². The van der Waals surface area contributed by atoms with Gasteiger partial charge in [0.05, 0.1) is 11.9 Å². The molecule has 0 heterocycles. The Bertz CT molecular complexity index is 187. The first-order chi connectivity index (χ1) is 5.04. The number of thiol groups is 2. The van der Waals surface area contributed by atoms with Crippen LogP contribution in [-0.2, 0) is 14.3 Å². The largest absolute Gasteiger partial charge is 0.270 e. The van der Waals surface area contributed by atoms with Crippen LogP contribution in [0.2, 0.25) is 0 Å². The molecule has 0 aliphatic heterocycles. The molecule has 0 spiro atoms. The van der Waals surface area contributed by atoms with E-state index in [2.05, 4.69) is 29.4 Å². The van der Waals surface area contributed by atoms with Crippen LogP contribution < -0.4 is 0 Å². The van der Waals surface area contributed by atoms with E-state index in [4.69, 9.17) is 0 Å². The standard InChI is InChI=1S/C5H12O3S3/c1-5(4-10)11(6,7)8-2-3-9/h5,9-10H,2-4H2,1H3. The summed E-state index contributed by atoms with van der Waals surface area (Å²) in [5, 5.41) is -0.550. The first kappa shape index (κ1) is 11.6.